The molecular weight excluding hydrogens is 733 g/mol. The highest BCUT2D eigenvalue weighted by atomic mass is 16.5. The Morgan fingerprint density at radius 2 is 1.18 bits per heavy atom. The van der Waals surface area contributed by atoms with E-state index in [1.54, 1.807) is 0 Å². The minimum absolute atomic E-state index is 0.0317. The van der Waals surface area contributed by atoms with Crippen LogP contribution in [0.25, 0.3) is 33.3 Å². The summed E-state index contributed by atoms with van der Waals surface area (Å²) in [5.74, 6) is 2.44. The second kappa shape index (κ2) is 14.9. The zero-order valence-corrected chi connectivity index (χ0v) is 36.1. The van der Waals surface area contributed by atoms with Gasteiger partial charge in [0, 0.05) is 52.1 Å². The summed E-state index contributed by atoms with van der Waals surface area (Å²) in [5, 5.41) is 2.39. The number of anilines is 2. The molecule has 0 saturated carbocycles. The smallest absolute Gasteiger partial charge is 0.137 e. The molecule has 0 amide bonds. The fourth-order valence-electron chi connectivity index (χ4n) is 8.59. The van der Waals surface area contributed by atoms with Crippen LogP contribution in [0.15, 0.2) is 170 Å². The summed E-state index contributed by atoms with van der Waals surface area (Å²) >= 11 is 0. The number of para-hydroxylation sites is 1. The monoisotopic (exact) mass is 786 g/mol. The van der Waals surface area contributed by atoms with Gasteiger partial charge in [0.2, 0.25) is 0 Å². The lowest BCUT2D eigenvalue weighted by Gasteiger charge is -2.28. The Morgan fingerprint density at radius 1 is 0.533 bits per heavy atom. The molecule has 0 aliphatic carbocycles. The average Bonchev–Trinajstić information content (AvgIpc) is 3.84. The van der Waals surface area contributed by atoms with E-state index in [1.807, 2.05) is 6.20 Å². The van der Waals surface area contributed by atoms with Gasteiger partial charge in [0.25, 0.3) is 0 Å². The van der Waals surface area contributed by atoms with Crippen molar-refractivity contribution in [3.63, 3.8) is 0 Å². The van der Waals surface area contributed by atoms with Gasteiger partial charge in [0.1, 0.15) is 17.3 Å². The van der Waals surface area contributed by atoms with Crippen LogP contribution < -0.4 is 14.5 Å². The van der Waals surface area contributed by atoms with Crippen LogP contribution in [0.2, 0.25) is 0 Å². The molecule has 1 aliphatic rings. The summed E-state index contributed by atoms with van der Waals surface area (Å²) in [5.41, 5.74) is 11.4. The van der Waals surface area contributed by atoms with Crippen molar-refractivity contribution >= 4 is 38.9 Å². The van der Waals surface area contributed by atoms with E-state index in [4.69, 9.17) is 9.72 Å². The summed E-state index contributed by atoms with van der Waals surface area (Å²) in [4.78, 5) is 9.72. The molecule has 0 atom stereocenters. The second-order valence-electron chi connectivity index (χ2n) is 18.7. The van der Waals surface area contributed by atoms with E-state index in [-0.39, 0.29) is 16.2 Å². The molecule has 8 aromatic rings. The van der Waals surface area contributed by atoms with Crippen LogP contribution in [0.3, 0.4) is 0 Å². The van der Waals surface area contributed by atoms with Crippen LogP contribution in [0.5, 0.6) is 11.5 Å². The standard InChI is InChI=1S/C55H54N4O/c1-53(2,3)40-23-17-25-43(31-40)58-37-57(36-50(58)38-19-11-9-12-20-38)42-24-18-26-44(33-42)60-45-34-47(55(7,8)39-21-13-10-14-22-39)52-46-27-15-16-28-48(46)59(49(52)35-45)51-32-41(29-30-56-51)54(4,5)6/h9-36H,37H2,1-8H3. The Hall–Kier alpha value is -6.59. The summed E-state index contributed by atoms with van der Waals surface area (Å²) in [6.07, 6.45) is 4.21. The second-order valence-corrected chi connectivity index (χ2v) is 18.7. The first-order chi connectivity index (χ1) is 28.8. The minimum atomic E-state index is -0.349. The fraction of sp³-hybridized carbons (Fsp3) is 0.218. The van der Waals surface area contributed by atoms with E-state index in [1.165, 1.54) is 44.3 Å². The zero-order chi connectivity index (χ0) is 41.8. The summed E-state index contributed by atoms with van der Waals surface area (Å²) < 4.78 is 9.32. The molecular formula is C55H54N4O. The highest BCUT2D eigenvalue weighted by Gasteiger charge is 2.30. The van der Waals surface area contributed by atoms with E-state index >= 15 is 0 Å². The maximum atomic E-state index is 7.00. The summed E-state index contributed by atoms with van der Waals surface area (Å²) in [6, 6.07) is 56.4. The largest absolute Gasteiger partial charge is 0.457 e. The number of hydrogen-bond acceptors (Lipinski definition) is 4. The number of ether oxygens (including phenoxy) is 1. The molecule has 60 heavy (non-hydrogen) atoms. The van der Waals surface area contributed by atoms with Gasteiger partial charge in [-0.05, 0) is 87.2 Å². The Labute approximate surface area is 355 Å². The molecule has 1 aliphatic heterocycles. The molecule has 0 fully saturated rings. The number of hydrogen-bond donors (Lipinski definition) is 0. The van der Waals surface area contributed by atoms with Gasteiger partial charge in [-0.15, -0.1) is 0 Å². The minimum Gasteiger partial charge on any atom is -0.457 e. The Balaban J connectivity index is 1.16. The topological polar surface area (TPSA) is 33.5 Å². The Kier molecular flexibility index (Phi) is 9.66. The van der Waals surface area contributed by atoms with Crippen molar-refractivity contribution in [3.05, 3.63) is 198 Å². The van der Waals surface area contributed by atoms with E-state index < -0.39 is 0 Å². The molecule has 300 valence electrons. The lowest BCUT2D eigenvalue weighted by molar-refractivity contribution is 0.481. The van der Waals surface area contributed by atoms with Crippen molar-refractivity contribution in [2.45, 2.75) is 71.6 Å². The predicted octanol–water partition coefficient (Wildman–Crippen LogP) is 14.2. The average molecular weight is 787 g/mol. The number of fused-ring (bicyclic) bond motifs is 3. The number of nitrogens with zero attached hydrogens (tertiary/aromatic N) is 4. The third-order valence-corrected chi connectivity index (χ3v) is 12.1. The molecule has 6 aromatic carbocycles. The summed E-state index contributed by atoms with van der Waals surface area (Å²) in [7, 11) is 0. The molecule has 5 nitrogen and oxygen atoms in total. The lowest BCUT2D eigenvalue weighted by Crippen LogP contribution is -2.26. The van der Waals surface area contributed by atoms with Crippen molar-refractivity contribution in [1.82, 2.24) is 9.55 Å². The van der Waals surface area contributed by atoms with Crippen molar-refractivity contribution in [3.8, 4) is 17.3 Å². The molecule has 0 saturated heterocycles. The van der Waals surface area contributed by atoms with E-state index in [0.29, 0.717) is 6.67 Å². The lowest BCUT2D eigenvalue weighted by atomic mass is 9.76. The number of aromatic nitrogens is 2. The maximum absolute atomic E-state index is 7.00. The molecule has 0 spiro atoms. The molecule has 5 heteroatoms. The van der Waals surface area contributed by atoms with Gasteiger partial charge in [0.15, 0.2) is 0 Å². The molecule has 0 radical (unpaired) electrons. The van der Waals surface area contributed by atoms with Gasteiger partial charge < -0.3 is 14.5 Å². The molecule has 0 N–H and O–H groups in total. The number of benzene rings is 6. The third-order valence-electron chi connectivity index (χ3n) is 12.1. The van der Waals surface area contributed by atoms with Crippen LogP contribution in [0, 0.1) is 0 Å². The van der Waals surface area contributed by atoms with E-state index in [0.717, 1.165) is 39.7 Å². The number of pyridine rings is 1. The molecule has 2 aromatic heterocycles. The quantitative estimate of drug-likeness (QED) is 0.154. The van der Waals surface area contributed by atoms with E-state index in [9.17, 15) is 0 Å². The first-order valence-electron chi connectivity index (χ1n) is 21.1. The van der Waals surface area contributed by atoms with Gasteiger partial charge in [-0.2, -0.15) is 0 Å². The van der Waals surface area contributed by atoms with Gasteiger partial charge in [0.05, 0.1) is 23.4 Å². The summed E-state index contributed by atoms with van der Waals surface area (Å²) in [6.45, 7) is 18.9. The predicted molar refractivity (Wildman–Crippen MR) is 252 cm³/mol. The Bertz CT molecular complexity index is 2870. The zero-order valence-electron chi connectivity index (χ0n) is 36.1. The van der Waals surface area contributed by atoms with Crippen molar-refractivity contribution < 1.29 is 4.74 Å². The first kappa shape index (κ1) is 38.9. The normalized spacial score (nSPS) is 13.6. The highest BCUT2D eigenvalue weighted by Crippen LogP contribution is 2.45. The maximum Gasteiger partial charge on any atom is 0.137 e. The molecule has 0 unspecified atom stereocenters. The van der Waals surface area contributed by atoms with Gasteiger partial charge >= 0.3 is 0 Å². The van der Waals surface area contributed by atoms with Gasteiger partial charge in [-0.3, -0.25) is 4.57 Å². The van der Waals surface area contributed by atoms with Crippen molar-refractivity contribution in [2.75, 3.05) is 16.5 Å². The van der Waals surface area contributed by atoms with Crippen molar-refractivity contribution in [1.29, 1.82) is 0 Å². The number of rotatable bonds is 8. The molecule has 0 bridgehead atoms. The van der Waals surface area contributed by atoms with Crippen LogP contribution in [-0.4, -0.2) is 16.2 Å². The van der Waals surface area contributed by atoms with Crippen molar-refractivity contribution in [2.24, 2.45) is 0 Å². The third kappa shape index (κ3) is 7.23. The highest BCUT2D eigenvalue weighted by molar-refractivity contribution is 6.11. The van der Waals surface area contributed by atoms with Crippen LogP contribution in [0.1, 0.15) is 83.2 Å². The SMILES string of the molecule is CC(C)(C)c1cccc(N2CN(c3cccc(Oc4cc(C(C)(C)c5ccccc5)c5c6ccccc6n(-c6cc(C(C)(C)C)ccn6)c5c4)c3)C=C2c2ccccc2)c1. The van der Waals surface area contributed by atoms with Crippen LogP contribution in [0.4, 0.5) is 11.4 Å². The Morgan fingerprint density at radius 3 is 1.93 bits per heavy atom. The van der Waals surface area contributed by atoms with Crippen LogP contribution >= 0.6 is 0 Å². The van der Waals surface area contributed by atoms with Crippen LogP contribution in [-0.2, 0) is 16.2 Å². The van der Waals surface area contributed by atoms with Gasteiger partial charge in [-0.25, -0.2) is 4.98 Å². The van der Waals surface area contributed by atoms with Gasteiger partial charge in [-0.1, -0.05) is 152 Å². The van der Waals surface area contributed by atoms with E-state index in [2.05, 4.69) is 234 Å². The fourth-order valence-corrected chi connectivity index (χ4v) is 8.59. The molecule has 9 rings (SSSR count). The first-order valence-corrected chi connectivity index (χ1v) is 21.1. The molecule has 3 heterocycles.